The van der Waals surface area contributed by atoms with Crippen molar-refractivity contribution in [2.75, 3.05) is 6.26 Å². The van der Waals surface area contributed by atoms with Crippen LogP contribution in [-0.4, -0.2) is 26.0 Å². The average Bonchev–Trinajstić information content (AvgIpc) is 2.23. The van der Waals surface area contributed by atoms with E-state index in [1.54, 1.807) is 6.92 Å². The van der Waals surface area contributed by atoms with Crippen molar-refractivity contribution in [2.45, 2.75) is 37.0 Å². The second kappa shape index (κ2) is 4.42. The van der Waals surface area contributed by atoms with Crippen LogP contribution in [0.3, 0.4) is 0 Å². The van der Waals surface area contributed by atoms with E-state index < -0.39 is 15.1 Å². The Bertz CT molecular complexity index is 510. The van der Waals surface area contributed by atoms with Gasteiger partial charge in [0.2, 0.25) is 0 Å². The molecule has 0 saturated carbocycles. The van der Waals surface area contributed by atoms with Crippen LogP contribution < -0.4 is 5.73 Å². The van der Waals surface area contributed by atoms with Crippen molar-refractivity contribution in [3.63, 3.8) is 0 Å². The summed E-state index contributed by atoms with van der Waals surface area (Å²) in [5, 5.41) is -0.463. The molecule has 0 fully saturated rings. The van der Waals surface area contributed by atoms with Crippen molar-refractivity contribution in [3.8, 4) is 0 Å². The van der Waals surface area contributed by atoms with Gasteiger partial charge in [-0.05, 0) is 36.8 Å². The minimum Gasteiger partial charge on any atom is -0.327 e. The van der Waals surface area contributed by atoms with Gasteiger partial charge in [-0.15, -0.1) is 0 Å². The first kappa shape index (κ1) is 12.6. The third-order valence-electron chi connectivity index (χ3n) is 3.80. The van der Waals surface area contributed by atoms with Gasteiger partial charge in [0.1, 0.15) is 0 Å². The van der Waals surface area contributed by atoms with Crippen LogP contribution in [-0.2, 0) is 16.3 Å². The molecule has 1 aliphatic carbocycles. The highest BCUT2D eigenvalue weighted by atomic mass is 32.2. The highest BCUT2D eigenvalue weighted by Gasteiger charge is 2.31. The predicted octanol–water partition coefficient (Wildman–Crippen LogP) is 1.48. The number of sulfone groups is 1. The number of hydrogen-bond donors (Lipinski definition) is 1. The van der Waals surface area contributed by atoms with E-state index in [0.29, 0.717) is 5.92 Å². The third-order valence-corrected chi connectivity index (χ3v) is 5.50. The molecule has 1 aromatic carbocycles. The molecule has 1 aromatic rings. The zero-order valence-corrected chi connectivity index (χ0v) is 11.1. The van der Waals surface area contributed by atoms with E-state index in [4.69, 9.17) is 5.73 Å². The molecule has 0 spiro atoms. The molecule has 17 heavy (non-hydrogen) atoms. The summed E-state index contributed by atoms with van der Waals surface area (Å²) in [5.74, 6) is 0.436. The SMILES string of the molecule is CC(C(N)CC1Cc2ccccc21)S(C)(=O)=O. The van der Waals surface area contributed by atoms with Crippen LogP contribution in [0.4, 0.5) is 0 Å². The Morgan fingerprint density at radius 1 is 1.41 bits per heavy atom. The van der Waals surface area contributed by atoms with Crippen LogP contribution in [0.25, 0.3) is 0 Å². The average molecular weight is 253 g/mol. The number of rotatable bonds is 4. The highest BCUT2D eigenvalue weighted by Crippen LogP contribution is 2.38. The molecule has 94 valence electrons. The molecule has 0 radical (unpaired) electrons. The molecule has 3 nitrogen and oxygen atoms in total. The van der Waals surface area contributed by atoms with Crippen molar-refractivity contribution < 1.29 is 8.42 Å². The fourth-order valence-corrected chi connectivity index (χ4v) is 3.16. The fraction of sp³-hybridized carbons (Fsp3) is 0.538. The van der Waals surface area contributed by atoms with Crippen LogP contribution in [0.5, 0.6) is 0 Å². The zero-order chi connectivity index (χ0) is 12.6. The summed E-state index contributed by atoms with van der Waals surface area (Å²) in [4.78, 5) is 0. The first-order valence-electron chi connectivity index (χ1n) is 5.92. The fourth-order valence-electron chi connectivity index (χ4n) is 2.41. The van der Waals surface area contributed by atoms with Crippen LogP contribution in [0.15, 0.2) is 24.3 Å². The van der Waals surface area contributed by atoms with E-state index in [1.807, 2.05) is 12.1 Å². The number of benzene rings is 1. The van der Waals surface area contributed by atoms with Crippen molar-refractivity contribution in [2.24, 2.45) is 5.73 Å². The number of hydrogen-bond acceptors (Lipinski definition) is 3. The normalized spacial score (nSPS) is 22.4. The van der Waals surface area contributed by atoms with E-state index in [1.165, 1.54) is 17.4 Å². The maximum atomic E-state index is 11.4. The van der Waals surface area contributed by atoms with Gasteiger partial charge in [0.25, 0.3) is 0 Å². The molecular weight excluding hydrogens is 234 g/mol. The predicted molar refractivity (Wildman–Crippen MR) is 69.8 cm³/mol. The van der Waals surface area contributed by atoms with Gasteiger partial charge in [-0.3, -0.25) is 0 Å². The lowest BCUT2D eigenvalue weighted by molar-refractivity contribution is 0.471. The molecule has 3 atom stereocenters. The van der Waals surface area contributed by atoms with Crippen molar-refractivity contribution in [3.05, 3.63) is 35.4 Å². The highest BCUT2D eigenvalue weighted by molar-refractivity contribution is 7.91. The Labute approximate surface area is 103 Å². The summed E-state index contributed by atoms with van der Waals surface area (Å²) in [7, 11) is -3.03. The van der Waals surface area contributed by atoms with Crippen molar-refractivity contribution in [1.82, 2.24) is 0 Å². The van der Waals surface area contributed by atoms with E-state index in [0.717, 1.165) is 12.8 Å². The quantitative estimate of drug-likeness (QED) is 0.884. The standard InChI is InChI=1S/C13H19NO2S/c1-9(17(2,15)16)13(14)8-11-7-10-5-3-4-6-12(10)11/h3-6,9,11,13H,7-8,14H2,1-2H3. The lowest BCUT2D eigenvalue weighted by Crippen LogP contribution is -2.40. The second-order valence-electron chi connectivity index (χ2n) is 5.03. The Balaban J connectivity index is 2.01. The molecule has 0 aliphatic heterocycles. The summed E-state index contributed by atoms with van der Waals surface area (Å²) < 4.78 is 22.9. The van der Waals surface area contributed by atoms with Gasteiger partial charge < -0.3 is 5.73 Å². The Morgan fingerprint density at radius 3 is 2.65 bits per heavy atom. The third kappa shape index (κ3) is 2.53. The van der Waals surface area contributed by atoms with Crippen molar-refractivity contribution >= 4 is 9.84 Å². The smallest absolute Gasteiger partial charge is 0.151 e. The second-order valence-corrected chi connectivity index (χ2v) is 7.44. The van der Waals surface area contributed by atoms with E-state index >= 15 is 0 Å². The number of nitrogens with two attached hydrogens (primary N) is 1. The first-order chi connectivity index (χ1) is 7.89. The molecule has 0 bridgehead atoms. The minimum absolute atomic E-state index is 0.275. The Hall–Kier alpha value is -0.870. The van der Waals surface area contributed by atoms with E-state index in [2.05, 4.69) is 12.1 Å². The molecule has 0 saturated heterocycles. The van der Waals surface area contributed by atoms with Gasteiger partial charge in [-0.1, -0.05) is 24.3 Å². The van der Waals surface area contributed by atoms with Gasteiger partial charge in [0.15, 0.2) is 9.84 Å². The van der Waals surface area contributed by atoms with Gasteiger partial charge in [-0.2, -0.15) is 0 Å². The number of fused-ring (bicyclic) bond motifs is 1. The van der Waals surface area contributed by atoms with Crippen molar-refractivity contribution in [1.29, 1.82) is 0 Å². The Kier molecular flexibility index (Phi) is 3.27. The van der Waals surface area contributed by atoms with Gasteiger partial charge in [-0.25, -0.2) is 8.42 Å². The summed E-state index contributed by atoms with van der Waals surface area (Å²) in [6.07, 6.45) is 3.04. The van der Waals surface area contributed by atoms with Crippen LogP contribution in [0.1, 0.15) is 30.4 Å². The largest absolute Gasteiger partial charge is 0.327 e. The van der Waals surface area contributed by atoms with Gasteiger partial charge in [0, 0.05) is 12.3 Å². The minimum atomic E-state index is -3.03. The molecule has 2 rings (SSSR count). The molecule has 2 N–H and O–H groups in total. The maximum absolute atomic E-state index is 11.4. The summed E-state index contributed by atoms with van der Waals surface area (Å²) in [6.45, 7) is 1.70. The van der Waals surface area contributed by atoms with E-state index in [9.17, 15) is 8.42 Å². The molecular formula is C13H19NO2S. The summed E-state index contributed by atoms with van der Waals surface area (Å²) in [6, 6.07) is 8.02. The zero-order valence-electron chi connectivity index (χ0n) is 10.3. The Morgan fingerprint density at radius 2 is 2.06 bits per heavy atom. The first-order valence-corrected chi connectivity index (χ1v) is 7.87. The molecule has 1 aliphatic rings. The molecule has 0 heterocycles. The summed E-state index contributed by atoms with van der Waals surface area (Å²) >= 11 is 0. The topological polar surface area (TPSA) is 60.2 Å². The van der Waals surface area contributed by atoms with Crippen LogP contribution >= 0.6 is 0 Å². The van der Waals surface area contributed by atoms with Crippen LogP contribution in [0.2, 0.25) is 0 Å². The molecule has 3 unspecified atom stereocenters. The monoisotopic (exact) mass is 253 g/mol. The lowest BCUT2D eigenvalue weighted by atomic mass is 9.74. The molecule has 4 heteroatoms. The van der Waals surface area contributed by atoms with Gasteiger partial charge >= 0.3 is 0 Å². The summed E-state index contributed by atoms with van der Waals surface area (Å²) in [5.41, 5.74) is 8.70. The molecule has 0 aromatic heterocycles. The van der Waals surface area contributed by atoms with Gasteiger partial charge in [0.05, 0.1) is 5.25 Å². The lowest BCUT2D eigenvalue weighted by Gasteiger charge is -2.33. The maximum Gasteiger partial charge on any atom is 0.151 e. The van der Waals surface area contributed by atoms with Crippen LogP contribution in [0, 0.1) is 0 Å². The molecule has 0 amide bonds. The van der Waals surface area contributed by atoms with E-state index in [-0.39, 0.29) is 6.04 Å².